The van der Waals surface area contributed by atoms with Crippen molar-refractivity contribution >= 4 is 21.4 Å². The monoisotopic (exact) mass is 493 g/mol. The fourth-order valence-corrected chi connectivity index (χ4v) is 5.45. The number of ether oxygens (including phenoxy) is 1. The average Bonchev–Trinajstić information content (AvgIpc) is 2.80. The van der Waals surface area contributed by atoms with Gasteiger partial charge in [-0.15, -0.1) is 0 Å². The van der Waals surface area contributed by atoms with Gasteiger partial charge in [0.15, 0.2) is 21.4 Å². The van der Waals surface area contributed by atoms with E-state index in [0.717, 1.165) is 24.6 Å². The maximum Gasteiger partial charge on any atom is 0.187 e. The first-order valence-electron chi connectivity index (χ1n) is 10.4. The topological polar surface area (TPSA) is 81.2 Å². The van der Waals surface area contributed by atoms with Crippen LogP contribution in [0.4, 0.5) is 8.78 Å². The first-order valence-corrected chi connectivity index (χ1v) is 12.4. The number of sulfone groups is 1. The average molecular weight is 494 g/mol. The molecule has 1 unspecified atom stereocenters. The molecule has 2 aromatic carbocycles. The molecule has 33 heavy (non-hydrogen) atoms. The van der Waals surface area contributed by atoms with Crippen LogP contribution in [0.2, 0.25) is 5.02 Å². The maximum atomic E-state index is 14.7. The van der Waals surface area contributed by atoms with Crippen LogP contribution in [0.25, 0.3) is 0 Å². The highest BCUT2D eigenvalue weighted by molar-refractivity contribution is 7.90. The summed E-state index contributed by atoms with van der Waals surface area (Å²) in [6.45, 7) is 1.63. The lowest BCUT2D eigenvalue weighted by molar-refractivity contribution is 0.190. The molecule has 2 atom stereocenters. The van der Waals surface area contributed by atoms with Crippen molar-refractivity contribution in [3.05, 3.63) is 82.6 Å². The highest BCUT2D eigenvalue weighted by atomic mass is 35.5. The van der Waals surface area contributed by atoms with E-state index in [1.54, 1.807) is 0 Å². The van der Waals surface area contributed by atoms with Gasteiger partial charge in [0.1, 0.15) is 10.7 Å². The summed E-state index contributed by atoms with van der Waals surface area (Å²) in [6, 6.07) is 12.0. The Bertz CT molecular complexity index is 1210. The third kappa shape index (κ3) is 5.66. The van der Waals surface area contributed by atoms with E-state index in [1.165, 1.54) is 18.3 Å². The van der Waals surface area contributed by atoms with Gasteiger partial charge in [-0.1, -0.05) is 23.7 Å². The predicted octanol–water partition coefficient (Wildman–Crippen LogP) is 4.15. The summed E-state index contributed by atoms with van der Waals surface area (Å²) in [5.74, 6) is -2.75. The fourth-order valence-electron chi connectivity index (χ4n) is 3.99. The minimum atomic E-state index is -4.16. The van der Waals surface area contributed by atoms with Crippen LogP contribution in [0.3, 0.4) is 0 Å². The quantitative estimate of drug-likeness (QED) is 0.532. The van der Waals surface area contributed by atoms with E-state index < -0.39 is 32.1 Å². The normalized spacial score (nSPS) is 18.8. The van der Waals surface area contributed by atoms with E-state index in [0.29, 0.717) is 17.6 Å². The number of rotatable bonds is 7. The van der Waals surface area contributed by atoms with E-state index >= 15 is 0 Å². The van der Waals surface area contributed by atoms with Crippen LogP contribution in [-0.2, 0) is 15.6 Å². The smallest absolute Gasteiger partial charge is 0.187 e. The molecule has 3 aromatic rings. The zero-order valence-electron chi connectivity index (χ0n) is 17.5. The Morgan fingerprint density at radius 2 is 1.91 bits per heavy atom. The van der Waals surface area contributed by atoms with Gasteiger partial charge in [-0.3, -0.25) is 0 Å². The van der Waals surface area contributed by atoms with Gasteiger partial charge < -0.3 is 10.1 Å². The largest absolute Gasteiger partial charge is 0.490 e. The summed E-state index contributed by atoms with van der Waals surface area (Å²) in [6.07, 6.45) is 2.26. The van der Waals surface area contributed by atoms with Crippen molar-refractivity contribution in [1.82, 2.24) is 15.5 Å². The van der Waals surface area contributed by atoms with Crippen LogP contribution in [-0.4, -0.2) is 38.3 Å². The summed E-state index contributed by atoms with van der Waals surface area (Å²) in [7, 11) is -4.16. The Labute approximate surface area is 195 Å². The summed E-state index contributed by atoms with van der Waals surface area (Å²) < 4.78 is 60.2. The van der Waals surface area contributed by atoms with E-state index in [-0.39, 0.29) is 29.9 Å². The van der Waals surface area contributed by atoms with Crippen molar-refractivity contribution < 1.29 is 21.9 Å². The molecule has 1 aromatic heterocycles. The second-order valence-electron chi connectivity index (χ2n) is 7.91. The standard InChI is InChI=1S/C23H22ClF2N3O3S/c24-17-5-3-15(4-6-17)19-7-9-27-12-16(19)13-32-22-10-21(26)23(11-20(22)25)33(30,31)14-18-2-1-8-28-29-18/h1-6,8,10-11,16,19,27H,7,9,12-14H2/t16-,19?/m0/s1. The molecule has 1 aliphatic rings. The molecule has 1 saturated heterocycles. The molecular weight excluding hydrogens is 472 g/mol. The Hall–Kier alpha value is -2.62. The van der Waals surface area contributed by atoms with Gasteiger partial charge in [0.25, 0.3) is 0 Å². The van der Waals surface area contributed by atoms with Gasteiger partial charge in [-0.2, -0.15) is 10.2 Å². The second-order valence-corrected chi connectivity index (χ2v) is 10.3. The van der Waals surface area contributed by atoms with Gasteiger partial charge in [0.2, 0.25) is 0 Å². The number of hydrogen-bond donors (Lipinski definition) is 1. The number of piperidine rings is 1. The van der Waals surface area contributed by atoms with Crippen LogP contribution in [0.5, 0.6) is 5.75 Å². The highest BCUT2D eigenvalue weighted by Crippen LogP contribution is 2.33. The first kappa shape index (κ1) is 23.5. The van der Waals surface area contributed by atoms with E-state index in [1.807, 2.05) is 24.3 Å². The Kier molecular flexibility index (Phi) is 7.21. The van der Waals surface area contributed by atoms with Crippen LogP contribution < -0.4 is 10.1 Å². The zero-order chi connectivity index (χ0) is 23.4. The summed E-state index contributed by atoms with van der Waals surface area (Å²) in [5.41, 5.74) is 1.24. The summed E-state index contributed by atoms with van der Waals surface area (Å²) >= 11 is 5.99. The van der Waals surface area contributed by atoms with Gasteiger partial charge in [-0.05, 0) is 54.8 Å². The molecule has 174 valence electrons. The Balaban J connectivity index is 1.49. The van der Waals surface area contributed by atoms with Crippen molar-refractivity contribution in [2.24, 2.45) is 5.92 Å². The van der Waals surface area contributed by atoms with Gasteiger partial charge in [0.05, 0.1) is 18.1 Å². The Morgan fingerprint density at radius 3 is 2.64 bits per heavy atom. The molecule has 0 amide bonds. The molecule has 10 heteroatoms. The maximum absolute atomic E-state index is 14.7. The molecular formula is C23H22ClF2N3O3S. The molecule has 1 aliphatic heterocycles. The van der Waals surface area contributed by atoms with Crippen molar-refractivity contribution in [2.45, 2.75) is 23.0 Å². The third-order valence-corrected chi connectivity index (χ3v) is 7.56. The lowest BCUT2D eigenvalue weighted by atomic mass is 9.81. The number of nitrogens with zero attached hydrogens (tertiary/aromatic N) is 2. The minimum Gasteiger partial charge on any atom is -0.490 e. The molecule has 0 aliphatic carbocycles. The SMILES string of the molecule is O=S(=O)(Cc1cccnn1)c1cc(F)c(OC[C@@H]2CNCCC2c2ccc(Cl)cc2)cc1F. The van der Waals surface area contributed by atoms with E-state index in [9.17, 15) is 17.2 Å². The van der Waals surface area contributed by atoms with Crippen LogP contribution in [0.15, 0.2) is 59.6 Å². The molecule has 0 radical (unpaired) electrons. The molecule has 2 heterocycles. The lowest BCUT2D eigenvalue weighted by Crippen LogP contribution is -2.38. The van der Waals surface area contributed by atoms with Crippen molar-refractivity contribution in [3.8, 4) is 5.75 Å². The van der Waals surface area contributed by atoms with Crippen molar-refractivity contribution in [2.75, 3.05) is 19.7 Å². The van der Waals surface area contributed by atoms with Gasteiger partial charge in [0, 0.05) is 29.7 Å². The number of hydrogen-bond acceptors (Lipinski definition) is 6. The second kappa shape index (κ2) is 10.1. The van der Waals surface area contributed by atoms with Crippen LogP contribution in [0, 0.1) is 17.6 Å². The number of benzene rings is 2. The molecule has 0 bridgehead atoms. The molecule has 1 fully saturated rings. The molecule has 0 saturated carbocycles. The number of halogens is 3. The van der Waals surface area contributed by atoms with E-state index in [2.05, 4.69) is 15.5 Å². The predicted molar refractivity (Wildman–Crippen MR) is 120 cm³/mol. The summed E-state index contributed by atoms with van der Waals surface area (Å²) in [4.78, 5) is -0.739. The zero-order valence-corrected chi connectivity index (χ0v) is 19.1. The van der Waals surface area contributed by atoms with Gasteiger partial charge in [-0.25, -0.2) is 17.2 Å². The van der Waals surface area contributed by atoms with Crippen LogP contribution >= 0.6 is 11.6 Å². The van der Waals surface area contributed by atoms with Crippen LogP contribution in [0.1, 0.15) is 23.6 Å². The lowest BCUT2D eigenvalue weighted by Gasteiger charge is -2.32. The van der Waals surface area contributed by atoms with E-state index in [4.69, 9.17) is 16.3 Å². The molecule has 1 N–H and O–H groups in total. The number of aromatic nitrogens is 2. The minimum absolute atomic E-state index is 0.0162. The van der Waals surface area contributed by atoms with Crippen molar-refractivity contribution in [1.29, 1.82) is 0 Å². The summed E-state index contributed by atoms with van der Waals surface area (Å²) in [5, 5.41) is 11.2. The van der Waals surface area contributed by atoms with Gasteiger partial charge >= 0.3 is 0 Å². The third-order valence-electron chi connectivity index (χ3n) is 5.65. The molecule has 4 rings (SSSR count). The molecule has 6 nitrogen and oxygen atoms in total. The Morgan fingerprint density at radius 1 is 1.12 bits per heavy atom. The van der Waals surface area contributed by atoms with Crippen molar-refractivity contribution in [3.63, 3.8) is 0 Å². The number of nitrogens with one attached hydrogen (secondary N) is 1. The highest BCUT2D eigenvalue weighted by Gasteiger charge is 2.28. The first-order chi connectivity index (χ1) is 15.8. The molecule has 0 spiro atoms. The fraction of sp³-hybridized carbons (Fsp3) is 0.304.